The van der Waals surface area contributed by atoms with Crippen LogP contribution in [0.5, 0.6) is 5.75 Å². The Bertz CT molecular complexity index is 652. The lowest BCUT2D eigenvalue weighted by molar-refractivity contribution is -0.140. The minimum absolute atomic E-state index is 0.131. The van der Waals surface area contributed by atoms with Gasteiger partial charge in [-0.15, -0.1) is 0 Å². The van der Waals surface area contributed by atoms with Crippen molar-refractivity contribution in [1.82, 2.24) is 0 Å². The van der Waals surface area contributed by atoms with E-state index in [0.717, 1.165) is 55.6 Å². The molecule has 2 fully saturated rings. The van der Waals surface area contributed by atoms with E-state index >= 15 is 0 Å². The number of carbonyl (C=O) groups is 1. The van der Waals surface area contributed by atoms with Crippen molar-refractivity contribution in [2.45, 2.75) is 90.1 Å². The highest BCUT2D eigenvalue weighted by Crippen LogP contribution is 2.42. The van der Waals surface area contributed by atoms with E-state index in [1.165, 1.54) is 63.5 Å². The number of esters is 1. The number of unbranched alkanes of at least 4 members (excludes halogenated alkanes) is 2. The van der Waals surface area contributed by atoms with Crippen LogP contribution in [0.25, 0.3) is 0 Å². The number of hydrogen-bond acceptors (Lipinski definition) is 2. The minimum Gasteiger partial charge on any atom is -0.426 e. The molecule has 5 heteroatoms. The highest BCUT2D eigenvalue weighted by molar-refractivity contribution is 5.75. The normalized spacial score (nSPS) is 27.6. The van der Waals surface area contributed by atoms with Gasteiger partial charge >= 0.3 is 12.1 Å². The van der Waals surface area contributed by atoms with Crippen molar-refractivity contribution >= 4 is 5.97 Å². The quantitative estimate of drug-likeness (QED) is 0.253. The van der Waals surface area contributed by atoms with Crippen molar-refractivity contribution in [2.24, 2.45) is 23.7 Å². The van der Waals surface area contributed by atoms with Crippen LogP contribution in [0.1, 0.15) is 89.5 Å². The SMILES string of the molecule is CCCCC[C@H]1CC[C@H](C2CCC(C(=O)Oc3ccc(C(F)(F)F)cc3)CC2)CC1. The Morgan fingerprint density at radius 3 is 2.00 bits per heavy atom. The largest absolute Gasteiger partial charge is 0.426 e. The van der Waals surface area contributed by atoms with Crippen molar-refractivity contribution in [3.05, 3.63) is 29.8 Å². The summed E-state index contributed by atoms with van der Waals surface area (Å²) >= 11 is 0. The summed E-state index contributed by atoms with van der Waals surface area (Å²) in [4.78, 5) is 12.5. The predicted molar refractivity (Wildman–Crippen MR) is 112 cm³/mol. The number of alkyl halides is 3. The molecule has 2 nitrogen and oxygen atoms in total. The molecule has 0 aliphatic heterocycles. The molecule has 0 N–H and O–H groups in total. The lowest BCUT2D eigenvalue weighted by Gasteiger charge is -2.37. The van der Waals surface area contributed by atoms with Crippen LogP contribution in [0.2, 0.25) is 0 Å². The lowest BCUT2D eigenvalue weighted by Crippen LogP contribution is -2.30. The monoisotopic (exact) mass is 424 g/mol. The fourth-order valence-corrected chi connectivity index (χ4v) is 5.37. The van der Waals surface area contributed by atoms with E-state index in [4.69, 9.17) is 4.74 Å². The van der Waals surface area contributed by atoms with Gasteiger partial charge in [-0.05, 0) is 80.5 Å². The molecule has 0 amide bonds. The molecule has 2 aliphatic carbocycles. The third-order valence-corrected chi connectivity index (χ3v) is 7.28. The summed E-state index contributed by atoms with van der Waals surface area (Å²) < 4.78 is 43.3. The Balaban J connectivity index is 1.39. The molecular weight excluding hydrogens is 389 g/mol. The van der Waals surface area contributed by atoms with Crippen molar-refractivity contribution in [3.8, 4) is 5.75 Å². The predicted octanol–water partition coefficient (Wildman–Crippen LogP) is 7.80. The standard InChI is InChI=1S/C25H35F3O2/c1-2-3-4-5-18-6-8-19(9-7-18)20-10-12-21(13-11-20)24(29)30-23-16-14-22(15-17-23)25(26,27)28/h14-21H,2-13H2,1H3/t18-,19-,20?,21?. The summed E-state index contributed by atoms with van der Waals surface area (Å²) in [6.07, 6.45) is 10.2. The van der Waals surface area contributed by atoms with E-state index < -0.39 is 11.7 Å². The number of carbonyl (C=O) groups excluding carboxylic acids is 1. The second-order valence-corrected chi connectivity index (χ2v) is 9.33. The van der Waals surface area contributed by atoms with E-state index in [2.05, 4.69) is 6.92 Å². The molecule has 1 aromatic rings. The smallest absolute Gasteiger partial charge is 0.416 e. The highest BCUT2D eigenvalue weighted by Gasteiger charge is 2.34. The molecule has 30 heavy (non-hydrogen) atoms. The first-order valence-corrected chi connectivity index (χ1v) is 11.8. The third-order valence-electron chi connectivity index (χ3n) is 7.28. The minimum atomic E-state index is -4.38. The molecule has 0 radical (unpaired) electrons. The fraction of sp³-hybridized carbons (Fsp3) is 0.720. The zero-order valence-electron chi connectivity index (χ0n) is 18.1. The van der Waals surface area contributed by atoms with E-state index in [-0.39, 0.29) is 17.6 Å². The lowest BCUT2D eigenvalue weighted by atomic mass is 9.68. The summed E-state index contributed by atoms with van der Waals surface area (Å²) in [7, 11) is 0. The molecule has 168 valence electrons. The molecule has 0 unspecified atom stereocenters. The summed E-state index contributed by atoms with van der Waals surface area (Å²) in [5.41, 5.74) is -0.733. The van der Waals surface area contributed by atoms with Crippen LogP contribution in [-0.4, -0.2) is 5.97 Å². The molecule has 0 aromatic heterocycles. The number of benzene rings is 1. The second-order valence-electron chi connectivity index (χ2n) is 9.33. The average molecular weight is 425 g/mol. The van der Waals surface area contributed by atoms with Gasteiger partial charge in [0.1, 0.15) is 5.75 Å². The molecule has 0 saturated heterocycles. The molecule has 1 aromatic carbocycles. The molecule has 0 atom stereocenters. The Hall–Kier alpha value is -1.52. The Morgan fingerprint density at radius 1 is 0.900 bits per heavy atom. The van der Waals surface area contributed by atoms with Gasteiger partial charge in [0.25, 0.3) is 0 Å². The van der Waals surface area contributed by atoms with Crippen LogP contribution < -0.4 is 4.74 Å². The van der Waals surface area contributed by atoms with Gasteiger partial charge in [-0.1, -0.05) is 45.4 Å². The average Bonchev–Trinajstić information content (AvgIpc) is 2.74. The van der Waals surface area contributed by atoms with Crippen LogP contribution in [0.3, 0.4) is 0 Å². The van der Waals surface area contributed by atoms with E-state index in [0.29, 0.717) is 0 Å². The van der Waals surface area contributed by atoms with Crippen molar-refractivity contribution in [1.29, 1.82) is 0 Å². The van der Waals surface area contributed by atoms with E-state index in [1.54, 1.807) is 0 Å². The summed E-state index contributed by atoms with van der Waals surface area (Å²) in [6, 6.07) is 4.37. The first-order valence-electron chi connectivity index (χ1n) is 11.8. The van der Waals surface area contributed by atoms with Gasteiger partial charge in [-0.2, -0.15) is 13.2 Å². The van der Waals surface area contributed by atoms with E-state index in [1.807, 2.05) is 0 Å². The number of hydrogen-bond donors (Lipinski definition) is 0. The Labute approximate surface area is 178 Å². The molecule has 2 saturated carbocycles. The van der Waals surface area contributed by atoms with Crippen LogP contribution in [-0.2, 0) is 11.0 Å². The van der Waals surface area contributed by atoms with Gasteiger partial charge in [-0.3, -0.25) is 4.79 Å². The fourth-order valence-electron chi connectivity index (χ4n) is 5.37. The molecular formula is C25H35F3O2. The zero-order chi connectivity index (χ0) is 21.6. The van der Waals surface area contributed by atoms with Crippen LogP contribution >= 0.6 is 0 Å². The second kappa shape index (κ2) is 10.7. The van der Waals surface area contributed by atoms with E-state index in [9.17, 15) is 18.0 Å². The topological polar surface area (TPSA) is 26.3 Å². The summed E-state index contributed by atoms with van der Waals surface area (Å²) in [6.45, 7) is 2.26. The maximum absolute atomic E-state index is 12.6. The van der Waals surface area contributed by atoms with Gasteiger partial charge in [0.15, 0.2) is 0 Å². The Kier molecular flexibility index (Phi) is 8.24. The first-order chi connectivity index (χ1) is 14.4. The van der Waals surface area contributed by atoms with Gasteiger partial charge in [0.2, 0.25) is 0 Å². The Morgan fingerprint density at radius 2 is 1.47 bits per heavy atom. The maximum atomic E-state index is 12.6. The molecule has 0 spiro atoms. The van der Waals surface area contributed by atoms with Crippen molar-refractivity contribution in [3.63, 3.8) is 0 Å². The van der Waals surface area contributed by atoms with Crippen molar-refractivity contribution in [2.75, 3.05) is 0 Å². The zero-order valence-corrected chi connectivity index (χ0v) is 18.1. The van der Waals surface area contributed by atoms with Crippen LogP contribution in [0.4, 0.5) is 13.2 Å². The van der Waals surface area contributed by atoms with Gasteiger partial charge in [0, 0.05) is 0 Å². The highest BCUT2D eigenvalue weighted by atomic mass is 19.4. The number of halogens is 3. The summed E-state index contributed by atoms with van der Waals surface area (Å²) in [5, 5.41) is 0. The summed E-state index contributed by atoms with van der Waals surface area (Å²) in [5.74, 6) is 2.21. The first kappa shape index (κ1) is 23.1. The van der Waals surface area contributed by atoms with Crippen LogP contribution in [0, 0.1) is 23.7 Å². The molecule has 0 heterocycles. The maximum Gasteiger partial charge on any atom is 0.416 e. The van der Waals surface area contributed by atoms with Gasteiger partial charge in [-0.25, -0.2) is 0 Å². The third kappa shape index (κ3) is 6.49. The number of ether oxygens (including phenoxy) is 1. The van der Waals surface area contributed by atoms with Gasteiger partial charge < -0.3 is 4.74 Å². The van der Waals surface area contributed by atoms with Crippen molar-refractivity contribution < 1.29 is 22.7 Å². The molecule has 2 aliphatic rings. The molecule has 3 rings (SSSR count). The van der Waals surface area contributed by atoms with Gasteiger partial charge in [0.05, 0.1) is 11.5 Å². The van der Waals surface area contributed by atoms with Crippen LogP contribution in [0.15, 0.2) is 24.3 Å². The number of rotatable bonds is 7. The molecule has 0 bridgehead atoms.